The highest BCUT2D eigenvalue weighted by molar-refractivity contribution is 5.33. The van der Waals surface area contributed by atoms with Crippen LogP contribution < -0.4 is 0 Å². The third kappa shape index (κ3) is 2.60. The molecular formula is C13H13N. The average Bonchev–Trinajstić information content (AvgIpc) is 2.26. The summed E-state index contributed by atoms with van der Waals surface area (Å²) in [5, 5.41) is 8.72. The summed E-state index contributed by atoms with van der Waals surface area (Å²) in [4.78, 5) is 0. The van der Waals surface area contributed by atoms with E-state index in [1.54, 1.807) is 6.07 Å². The minimum atomic E-state index is 0.281. The second-order valence-corrected chi connectivity index (χ2v) is 3.15. The molecule has 0 radical (unpaired) electrons. The molecule has 1 aromatic rings. The van der Waals surface area contributed by atoms with E-state index in [2.05, 4.69) is 19.2 Å². The highest BCUT2D eigenvalue weighted by Crippen LogP contribution is 2.12. The highest BCUT2D eigenvalue weighted by Gasteiger charge is 2.01. The fraction of sp³-hybridized carbons (Fsp3) is 0.154. The summed E-state index contributed by atoms with van der Waals surface area (Å²) < 4.78 is 0. The molecule has 0 fully saturated rings. The van der Waals surface area contributed by atoms with Gasteiger partial charge in [-0.25, -0.2) is 0 Å². The monoisotopic (exact) mass is 183 g/mol. The third-order valence-electron chi connectivity index (χ3n) is 2.13. The SMILES string of the molecule is C=CC(C=C)Cc1cccc(C#N)c1. The molecular weight excluding hydrogens is 170 g/mol. The van der Waals surface area contributed by atoms with E-state index in [0.29, 0.717) is 5.56 Å². The number of nitrogens with zero attached hydrogens (tertiary/aromatic N) is 1. The van der Waals surface area contributed by atoms with Crippen LogP contribution in [0.15, 0.2) is 49.6 Å². The minimum absolute atomic E-state index is 0.281. The maximum atomic E-state index is 8.72. The Morgan fingerprint density at radius 1 is 1.36 bits per heavy atom. The van der Waals surface area contributed by atoms with E-state index in [-0.39, 0.29) is 5.92 Å². The molecule has 1 aromatic carbocycles. The van der Waals surface area contributed by atoms with E-state index in [1.807, 2.05) is 30.4 Å². The molecule has 0 saturated carbocycles. The highest BCUT2D eigenvalue weighted by atomic mass is 14.2. The molecule has 0 amide bonds. The van der Waals surface area contributed by atoms with Crippen LogP contribution in [0.2, 0.25) is 0 Å². The van der Waals surface area contributed by atoms with Gasteiger partial charge in [-0.15, -0.1) is 13.2 Å². The van der Waals surface area contributed by atoms with Crippen LogP contribution in [0.1, 0.15) is 11.1 Å². The number of rotatable bonds is 4. The first-order chi connectivity index (χ1) is 6.80. The van der Waals surface area contributed by atoms with E-state index in [9.17, 15) is 0 Å². The van der Waals surface area contributed by atoms with Crippen LogP contribution in [0, 0.1) is 17.2 Å². The van der Waals surface area contributed by atoms with Crippen LogP contribution in [0.4, 0.5) is 0 Å². The van der Waals surface area contributed by atoms with Gasteiger partial charge < -0.3 is 0 Å². The van der Waals surface area contributed by atoms with Crippen molar-refractivity contribution in [2.24, 2.45) is 5.92 Å². The van der Waals surface area contributed by atoms with Crippen LogP contribution in [0.3, 0.4) is 0 Å². The van der Waals surface area contributed by atoms with Crippen molar-refractivity contribution < 1.29 is 0 Å². The van der Waals surface area contributed by atoms with E-state index in [1.165, 1.54) is 0 Å². The smallest absolute Gasteiger partial charge is 0.0991 e. The maximum Gasteiger partial charge on any atom is 0.0991 e. The minimum Gasteiger partial charge on any atom is -0.192 e. The van der Waals surface area contributed by atoms with Gasteiger partial charge in [-0.3, -0.25) is 0 Å². The predicted octanol–water partition coefficient (Wildman–Crippen LogP) is 3.09. The molecule has 0 bridgehead atoms. The van der Waals surface area contributed by atoms with Gasteiger partial charge in [0.25, 0.3) is 0 Å². The zero-order valence-electron chi connectivity index (χ0n) is 8.11. The van der Waals surface area contributed by atoms with E-state index >= 15 is 0 Å². The molecule has 1 rings (SSSR count). The first-order valence-electron chi connectivity index (χ1n) is 4.54. The van der Waals surface area contributed by atoms with Crippen LogP contribution >= 0.6 is 0 Å². The van der Waals surface area contributed by atoms with Gasteiger partial charge in [-0.1, -0.05) is 24.3 Å². The molecule has 0 N–H and O–H groups in total. The number of nitriles is 1. The van der Waals surface area contributed by atoms with Crippen molar-refractivity contribution in [2.45, 2.75) is 6.42 Å². The summed E-state index contributed by atoms with van der Waals surface area (Å²) >= 11 is 0. The van der Waals surface area contributed by atoms with Gasteiger partial charge in [0.1, 0.15) is 0 Å². The number of hydrogen-bond donors (Lipinski definition) is 0. The van der Waals surface area contributed by atoms with Gasteiger partial charge in [0.2, 0.25) is 0 Å². The van der Waals surface area contributed by atoms with Crippen molar-refractivity contribution in [3.8, 4) is 6.07 Å². The van der Waals surface area contributed by atoms with Crippen LogP contribution in [0.5, 0.6) is 0 Å². The Morgan fingerprint density at radius 3 is 2.64 bits per heavy atom. The Kier molecular flexibility index (Phi) is 3.69. The molecule has 14 heavy (non-hydrogen) atoms. The second kappa shape index (κ2) is 5.04. The van der Waals surface area contributed by atoms with E-state index < -0.39 is 0 Å². The summed E-state index contributed by atoms with van der Waals surface area (Å²) in [6, 6.07) is 9.75. The first-order valence-corrected chi connectivity index (χ1v) is 4.54. The largest absolute Gasteiger partial charge is 0.192 e. The number of allylic oxidation sites excluding steroid dienone is 2. The topological polar surface area (TPSA) is 23.8 Å². The van der Waals surface area contributed by atoms with Crippen molar-refractivity contribution in [2.75, 3.05) is 0 Å². The predicted molar refractivity (Wildman–Crippen MR) is 58.7 cm³/mol. The Labute approximate surface area is 85.0 Å². The fourth-order valence-corrected chi connectivity index (χ4v) is 1.30. The number of benzene rings is 1. The van der Waals surface area contributed by atoms with Crippen molar-refractivity contribution in [3.05, 3.63) is 60.7 Å². The molecule has 0 aliphatic rings. The fourth-order valence-electron chi connectivity index (χ4n) is 1.30. The molecule has 1 nitrogen and oxygen atoms in total. The van der Waals surface area contributed by atoms with Gasteiger partial charge in [-0.05, 0) is 30.0 Å². The number of hydrogen-bond acceptors (Lipinski definition) is 1. The lowest BCUT2D eigenvalue weighted by Gasteiger charge is -2.06. The second-order valence-electron chi connectivity index (χ2n) is 3.15. The average molecular weight is 183 g/mol. The standard InChI is InChI=1S/C13H13N/c1-3-11(4-2)8-12-6-5-7-13(9-12)10-14/h3-7,9,11H,1-2,8H2. The molecule has 0 unspecified atom stereocenters. The van der Waals surface area contributed by atoms with Crippen molar-refractivity contribution in [1.82, 2.24) is 0 Å². The molecule has 0 heterocycles. The lowest BCUT2D eigenvalue weighted by molar-refractivity contribution is 0.809. The van der Waals surface area contributed by atoms with Gasteiger partial charge in [0.05, 0.1) is 11.6 Å². The summed E-state index contributed by atoms with van der Waals surface area (Å²) in [7, 11) is 0. The Morgan fingerprint density at radius 2 is 2.07 bits per heavy atom. The van der Waals surface area contributed by atoms with Crippen LogP contribution in [0.25, 0.3) is 0 Å². The molecule has 0 aliphatic heterocycles. The van der Waals surface area contributed by atoms with E-state index in [0.717, 1.165) is 12.0 Å². The molecule has 0 aliphatic carbocycles. The van der Waals surface area contributed by atoms with Crippen LogP contribution in [-0.4, -0.2) is 0 Å². The Hall–Kier alpha value is -1.81. The maximum absolute atomic E-state index is 8.72. The van der Waals surface area contributed by atoms with Crippen molar-refractivity contribution >= 4 is 0 Å². The molecule has 0 atom stereocenters. The Balaban J connectivity index is 2.81. The molecule has 1 heteroatoms. The zero-order chi connectivity index (χ0) is 10.4. The normalized spacial score (nSPS) is 9.43. The van der Waals surface area contributed by atoms with E-state index in [4.69, 9.17) is 5.26 Å². The Bertz CT molecular complexity index is 363. The molecule has 0 spiro atoms. The van der Waals surface area contributed by atoms with Crippen molar-refractivity contribution in [3.63, 3.8) is 0 Å². The molecule has 70 valence electrons. The summed E-state index contributed by atoms with van der Waals surface area (Å²) in [5.41, 5.74) is 1.85. The lowest BCUT2D eigenvalue weighted by atomic mass is 9.98. The third-order valence-corrected chi connectivity index (χ3v) is 2.13. The van der Waals surface area contributed by atoms with Gasteiger partial charge in [0, 0.05) is 0 Å². The molecule has 0 aromatic heterocycles. The van der Waals surface area contributed by atoms with Crippen LogP contribution in [-0.2, 0) is 6.42 Å². The van der Waals surface area contributed by atoms with Gasteiger partial charge >= 0.3 is 0 Å². The lowest BCUT2D eigenvalue weighted by Crippen LogP contribution is -1.96. The van der Waals surface area contributed by atoms with Gasteiger partial charge in [0.15, 0.2) is 0 Å². The van der Waals surface area contributed by atoms with Crippen molar-refractivity contribution in [1.29, 1.82) is 5.26 Å². The zero-order valence-corrected chi connectivity index (χ0v) is 8.11. The first kappa shape index (κ1) is 10.3. The summed E-state index contributed by atoms with van der Waals surface area (Å²) in [6.07, 6.45) is 4.60. The quantitative estimate of drug-likeness (QED) is 0.658. The van der Waals surface area contributed by atoms with Gasteiger partial charge in [-0.2, -0.15) is 5.26 Å². The summed E-state index contributed by atoms with van der Waals surface area (Å²) in [5.74, 6) is 0.281. The molecule has 0 saturated heterocycles. The summed E-state index contributed by atoms with van der Waals surface area (Å²) in [6.45, 7) is 7.47.